The van der Waals surface area contributed by atoms with Gasteiger partial charge in [-0.15, -0.1) is 0 Å². The molecule has 0 spiro atoms. The molecule has 1 saturated heterocycles. The first-order valence-corrected chi connectivity index (χ1v) is 7.83. The number of carbonyl (C=O) groups excluding carboxylic acids is 1. The molecule has 1 aromatic rings. The monoisotopic (exact) mass is 356 g/mol. The Morgan fingerprint density at radius 1 is 1.52 bits per heavy atom. The van der Waals surface area contributed by atoms with Crippen molar-refractivity contribution in [3.8, 4) is 0 Å². The Morgan fingerprint density at radius 3 is 2.95 bits per heavy atom. The number of amides is 1. The van der Waals surface area contributed by atoms with Crippen LogP contribution in [0, 0.1) is 0 Å². The molecule has 5 nitrogen and oxygen atoms in total. The summed E-state index contributed by atoms with van der Waals surface area (Å²) in [7, 11) is 0. The lowest BCUT2D eigenvalue weighted by Gasteiger charge is -2.24. The fraction of sp³-hybridized carbons (Fsp3) is 0.600. The molecule has 1 atom stereocenters. The third-order valence-corrected chi connectivity index (χ3v) is 3.51. The molecule has 2 heterocycles. The van der Waals surface area contributed by atoms with Gasteiger partial charge in [-0.1, -0.05) is 0 Å². The lowest BCUT2D eigenvalue weighted by Crippen LogP contribution is -2.36. The van der Waals surface area contributed by atoms with Crippen LogP contribution in [0.5, 0.6) is 0 Å². The molecular weight excluding hydrogens is 336 g/mol. The molecule has 116 valence electrons. The Hall–Kier alpha value is -1.14. The Kier molecular flexibility index (Phi) is 5.22. The maximum absolute atomic E-state index is 12.0. The van der Waals surface area contributed by atoms with E-state index in [1.54, 1.807) is 11.1 Å². The van der Waals surface area contributed by atoms with Crippen LogP contribution in [0.25, 0.3) is 0 Å². The fourth-order valence-corrected chi connectivity index (χ4v) is 2.52. The second-order valence-electron chi connectivity index (χ2n) is 6.13. The fourth-order valence-electron chi connectivity index (χ4n) is 2.10. The minimum atomic E-state index is -0.459. The molecule has 1 amide bonds. The van der Waals surface area contributed by atoms with Gasteiger partial charge >= 0.3 is 6.09 Å². The Bertz CT molecular complexity index is 502. The second kappa shape index (κ2) is 6.75. The number of hydrogen-bond donors (Lipinski definition) is 0. The summed E-state index contributed by atoms with van der Waals surface area (Å²) in [4.78, 5) is 17.7. The standard InChI is InChI=1S/C15H21BrN2O3/c1-15(2,3)21-14(19)18-7-5-12(9-18)20-10-11-4-6-17-13(16)8-11/h4,6,8,12H,5,7,9-10H2,1-3H3. The number of pyridine rings is 1. The molecule has 6 heteroatoms. The molecule has 1 aliphatic rings. The summed E-state index contributed by atoms with van der Waals surface area (Å²) >= 11 is 3.34. The predicted octanol–water partition coefficient (Wildman–Crippen LogP) is 3.37. The molecule has 0 aliphatic carbocycles. The van der Waals surface area contributed by atoms with E-state index in [1.807, 2.05) is 32.9 Å². The maximum atomic E-state index is 12.0. The van der Waals surface area contributed by atoms with Crippen molar-refractivity contribution in [2.24, 2.45) is 0 Å². The summed E-state index contributed by atoms with van der Waals surface area (Å²) in [6.45, 7) is 7.40. The number of rotatable bonds is 3. The van der Waals surface area contributed by atoms with Gasteiger partial charge in [0.2, 0.25) is 0 Å². The summed E-state index contributed by atoms with van der Waals surface area (Å²) in [5.41, 5.74) is 0.604. The number of likely N-dealkylation sites (tertiary alicyclic amines) is 1. The molecule has 0 N–H and O–H groups in total. The number of hydrogen-bond acceptors (Lipinski definition) is 4. The van der Waals surface area contributed by atoms with Crippen LogP contribution < -0.4 is 0 Å². The molecule has 1 unspecified atom stereocenters. The van der Waals surface area contributed by atoms with Gasteiger partial charge in [-0.3, -0.25) is 0 Å². The minimum absolute atomic E-state index is 0.0597. The molecule has 0 aromatic carbocycles. The van der Waals surface area contributed by atoms with Gasteiger partial charge in [0, 0.05) is 12.7 Å². The largest absolute Gasteiger partial charge is 0.444 e. The van der Waals surface area contributed by atoms with Gasteiger partial charge in [-0.2, -0.15) is 0 Å². The molecule has 0 saturated carbocycles. The van der Waals surface area contributed by atoms with Crippen molar-refractivity contribution >= 4 is 22.0 Å². The summed E-state index contributed by atoms with van der Waals surface area (Å²) < 4.78 is 12.0. The molecule has 1 fully saturated rings. The van der Waals surface area contributed by atoms with E-state index in [0.717, 1.165) is 16.6 Å². The van der Waals surface area contributed by atoms with Crippen molar-refractivity contribution in [3.05, 3.63) is 28.5 Å². The number of carbonyl (C=O) groups is 1. The van der Waals surface area contributed by atoms with Crippen LogP contribution in [-0.4, -0.2) is 40.8 Å². The highest BCUT2D eigenvalue weighted by Gasteiger charge is 2.30. The molecule has 21 heavy (non-hydrogen) atoms. The van der Waals surface area contributed by atoms with Gasteiger partial charge in [-0.25, -0.2) is 9.78 Å². The molecule has 0 radical (unpaired) electrons. The molecular formula is C15H21BrN2O3. The van der Waals surface area contributed by atoms with Crippen molar-refractivity contribution in [2.75, 3.05) is 13.1 Å². The van der Waals surface area contributed by atoms with E-state index in [9.17, 15) is 4.79 Å². The van der Waals surface area contributed by atoms with Crippen LogP contribution in [0.4, 0.5) is 4.79 Å². The zero-order chi connectivity index (χ0) is 15.5. The van der Waals surface area contributed by atoms with Crippen molar-refractivity contribution in [1.82, 2.24) is 9.88 Å². The second-order valence-corrected chi connectivity index (χ2v) is 6.95. The van der Waals surface area contributed by atoms with Gasteiger partial charge in [0.15, 0.2) is 0 Å². The zero-order valence-corrected chi connectivity index (χ0v) is 14.2. The minimum Gasteiger partial charge on any atom is -0.444 e. The summed E-state index contributed by atoms with van der Waals surface area (Å²) in [6, 6.07) is 3.85. The lowest BCUT2D eigenvalue weighted by molar-refractivity contribution is 0.0184. The topological polar surface area (TPSA) is 51.7 Å². The average Bonchev–Trinajstić information content (AvgIpc) is 2.83. The van der Waals surface area contributed by atoms with E-state index in [2.05, 4.69) is 20.9 Å². The predicted molar refractivity (Wildman–Crippen MR) is 82.9 cm³/mol. The van der Waals surface area contributed by atoms with Gasteiger partial charge in [-0.05, 0) is 60.8 Å². The highest BCUT2D eigenvalue weighted by Crippen LogP contribution is 2.18. The maximum Gasteiger partial charge on any atom is 0.410 e. The van der Waals surface area contributed by atoms with E-state index in [0.29, 0.717) is 19.7 Å². The van der Waals surface area contributed by atoms with Crippen LogP contribution in [0.2, 0.25) is 0 Å². The lowest BCUT2D eigenvalue weighted by atomic mass is 10.2. The van der Waals surface area contributed by atoms with E-state index in [-0.39, 0.29) is 12.2 Å². The van der Waals surface area contributed by atoms with Crippen LogP contribution in [0.15, 0.2) is 22.9 Å². The van der Waals surface area contributed by atoms with Gasteiger partial charge in [0.1, 0.15) is 10.2 Å². The van der Waals surface area contributed by atoms with Crippen molar-refractivity contribution in [2.45, 2.75) is 45.5 Å². The van der Waals surface area contributed by atoms with E-state index in [1.165, 1.54) is 0 Å². The first kappa shape index (κ1) is 16.2. The molecule has 1 aromatic heterocycles. The average molecular weight is 357 g/mol. The zero-order valence-electron chi connectivity index (χ0n) is 12.6. The van der Waals surface area contributed by atoms with Crippen molar-refractivity contribution < 1.29 is 14.3 Å². The van der Waals surface area contributed by atoms with E-state index < -0.39 is 5.60 Å². The number of ether oxygens (including phenoxy) is 2. The third-order valence-electron chi connectivity index (χ3n) is 3.07. The van der Waals surface area contributed by atoms with Gasteiger partial charge in [0.25, 0.3) is 0 Å². The molecule has 2 rings (SSSR count). The van der Waals surface area contributed by atoms with Crippen LogP contribution in [0.1, 0.15) is 32.8 Å². The van der Waals surface area contributed by atoms with Crippen LogP contribution in [-0.2, 0) is 16.1 Å². The SMILES string of the molecule is CC(C)(C)OC(=O)N1CCC(OCc2ccnc(Br)c2)C1. The summed E-state index contributed by atoms with van der Waals surface area (Å²) in [5.74, 6) is 0. The van der Waals surface area contributed by atoms with Crippen LogP contribution in [0.3, 0.4) is 0 Å². The first-order valence-electron chi connectivity index (χ1n) is 7.03. The first-order chi connectivity index (χ1) is 9.83. The number of halogens is 1. The van der Waals surface area contributed by atoms with E-state index >= 15 is 0 Å². The highest BCUT2D eigenvalue weighted by molar-refractivity contribution is 9.10. The highest BCUT2D eigenvalue weighted by atomic mass is 79.9. The van der Waals surface area contributed by atoms with Gasteiger partial charge < -0.3 is 14.4 Å². The Morgan fingerprint density at radius 2 is 2.29 bits per heavy atom. The number of aromatic nitrogens is 1. The third kappa shape index (κ3) is 5.28. The molecule has 0 bridgehead atoms. The summed E-state index contributed by atoms with van der Waals surface area (Å²) in [5, 5.41) is 0. The quantitative estimate of drug-likeness (QED) is 0.779. The van der Waals surface area contributed by atoms with Gasteiger partial charge in [0.05, 0.1) is 19.3 Å². The van der Waals surface area contributed by atoms with Crippen molar-refractivity contribution in [1.29, 1.82) is 0 Å². The van der Waals surface area contributed by atoms with Crippen molar-refractivity contribution in [3.63, 3.8) is 0 Å². The normalized spacial score (nSPS) is 18.9. The molecule has 1 aliphatic heterocycles. The van der Waals surface area contributed by atoms with E-state index in [4.69, 9.17) is 9.47 Å². The Labute approximate surface area is 133 Å². The Balaban J connectivity index is 1.79. The smallest absolute Gasteiger partial charge is 0.410 e. The number of nitrogens with zero attached hydrogens (tertiary/aromatic N) is 2. The summed E-state index contributed by atoms with van der Waals surface area (Å²) in [6.07, 6.45) is 2.38. The van der Waals surface area contributed by atoms with Crippen LogP contribution >= 0.6 is 15.9 Å².